The van der Waals surface area contributed by atoms with Gasteiger partial charge in [0.2, 0.25) is 0 Å². The molecule has 1 N–H and O–H groups in total. The van der Waals surface area contributed by atoms with Crippen molar-refractivity contribution in [3.8, 4) is 0 Å². The van der Waals surface area contributed by atoms with Gasteiger partial charge in [-0.3, -0.25) is 0 Å². The van der Waals surface area contributed by atoms with Crippen molar-refractivity contribution in [1.82, 2.24) is 5.32 Å². The van der Waals surface area contributed by atoms with E-state index in [1.807, 2.05) is 0 Å². The first-order chi connectivity index (χ1) is 6.34. The Labute approximate surface area is 86.4 Å². The lowest BCUT2D eigenvalue weighted by Gasteiger charge is -2.02. The number of benzene rings is 1. The standard InChI is InChI=1S/C10H12BrNO/c11-9-3-1-8(2-4-9)5-12-6-10-7-13-10/h1-4,10,12H,5-7H2. The van der Waals surface area contributed by atoms with Gasteiger partial charge < -0.3 is 10.1 Å². The summed E-state index contributed by atoms with van der Waals surface area (Å²) in [6.45, 7) is 2.82. The molecule has 0 bridgehead atoms. The fourth-order valence-electron chi connectivity index (χ4n) is 1.17. The summed E-state index contributed by atoms with van der Waals surface area (Å²) in [4.78, 5) is 0. The molecule has 0 aromatic heterocycles. The smallest absolute Gasteiger partial charge is 0.0934 e. The summed E-state index contributed by atoms with van der Waals surface area (Å²) in [5.41, 5.74) is 1.31. The van der Waals surface area contributed by atoms with E-state index >= 15 is 0 Å². The highest BCUT2D eigenvalue weighted by Gasteiger charge is 2.20. The van der Waals surface area contributed by atoms with Gasteiger partial charge in [-0.1, -0.05) is 28.1 Å². The van der Waals surface area contributed by atoms with Crippen molar-refractivity contribution in [1.29, 1.82) is 0 Å². The predicted molar refractivity (Wildman–Crippen MR) is 55.6 cm³/mol. The first-order valence-corrected chi connectivity index (χ1v) is 5.20. The zero-order chi connectivity index (χ0) is 9.10. The maximum absolute atomic E-state index is 5.10. The number of rotatable bonds is 4. The minimum absolute atomic E-state index is 0.468. The van der Waals surface area contributed by atoms with Gasteiger partial charge in [-0.2, -0.15) is 0 Å². The Bertz CT molecular complexity index is 269. The van der Waals surface area contributed by atoms with Crippen molar-refractivity contribution in [2.75, 3.05) is 13.2 Å². The highest BCUT2D eigenvalue weighted by atomic mass is 79.9. The minimum atomic E-state index is 0.468. The number of hydrogen-bond donors (Lipinski definition) is 1. The monoisotopic (exact) mass is 241 g/mol. The van der Waals surface area contributed by atoms with E-state index in [1.165, 1.54) is 5.56 Å². The van der Waals surface area contributed by atoms with Crippen LogP contribution < -0.4 is 5.32 Å². The van der Waals surface area contributed by atoms with Crippen LogP contribution in [0.1, 0.15) is 5.56 Å². The summed E-state index contributed by atoms with van der Waals surface area (Å²) in [7, 11) is 0. The SMILES string of the molecule is Brc1ccc(CNCC2CO2)cc1. The fourth-order valence-corrected chi connectivity index (χ4v) is 1.43. The van der Waals surface area contributed by atoms with Crippen LogP contribution in [0.4, 0.5) is 0 Å². The van der Waals surface area contributed by atoms with Crippen LogP contribution in [0, 0.1) is 0 Å². The van der Waals surface area contributed by atoms with Gasteiger partial charge in [-0.15, -0.1) is 0 Å². The molecule has 2 nitrogen and oxygen atoms in total. The molecule has 0 aliphatic carbocycles. The average molecular weight is 242 g/mol. The van der Waals surface area contributed by atoms with Gasteiger partial charge >= 0.3 is 0 Å². The molecule has 3 heteroatoms. The van der Waals surface area contributed by atoms with E-state index in [0.717, 1.165) is 24.2 Å². The Morgan fingerprint density at radius 2 is 2.08 bits per heavy atom. The Kier molecular flexibility index (Phi) is 2.98. The van der Waals surface area contributed by atoms with Crippen molar-refractivity contribution in [2.45, 2.75) is 12.6 Å². The van der Waals surface area contributed by atoms with Gasteiger partial charge in [0.25, 0.3) is 0 Å². The molecule has 2 rings (SSSR count). The molecule has 1 aromatic rings. The minimum Gasteiger partial charge on any atom is -0.372 e. The van der Waals surface area contributed by atoms with Crippen LogP contribution in [0.25, 0.3) is 0 Å². The van der Waals surface area contributed by atoms with Gasteiger partial charge in [-0.25, -0.2) is 0 Å². The van der Waals surface area contributed by atoms with Crippen molar-refractivity contribution in [3.63, 3.8) is 0 Å². The van der Waals surface area contributed by atoms with E-state index in [-0.39, 0.29) is 0 Å². The van der Waals surface area contributed by atoms with E-state index in [4.69, 9.17) is 4.74 Å². The summed E-state index contributed by atoms with van der Waals surface area (Å²) >= 11 is 3.41. The lowest BCUT2D eigenvalue weighted by Crippen LogP contribution is -2.18. The predicted octanol–water partition coefficient (Wildman–Crippen LogP) is 1.94. The van der Waals surface area contributed by atoms with Crippen LogP contribution in [-0.2, 0) is 11.3 Å². The van der Waals surface area contributed by atoms with Crippen molar-refractivity contribution in [2.24, 2.45) is 0 Å². The zero-order valence-electron chi connectivity index (χ0n) is 7.29. The highest BCUT2D eigenvalue weighted by Crippen LogP contribution is 2.11. The molecular weight excluding hydrogens is 230 g/mol. The molecule has 1 aromatic carbocycles. The van der Waals surface area contributed by atoms with Crippen LogP contribution in [-0.4, -0.2) is 19.3 Å². The molecule has 1 heterocycles. The largest absolute Gasteiger partial charge is 0.372 e. The number of ether oxygens (including phenoxy) is 1. The molecule has 1 unspecified atom stereocenters. The summed E-state index contributed by atoms with van der Waals surface area (Å²) in [5, 5.41) is 3.34. The van der Waals surface area contributed by atoms with E-state index in [1.54, 1.807) is 0 Å². The molecule has 0 amide bonds. The Morgan fingerprint density at radius 3 is 2.69 bits per heavy atom. The maximum atomic E-state index is 5.10. The van der Waals surface area contributed by atoms with Crippen LogP contribution in [0.5, 0.6) is 0 Å². The second-order valence-electron chi connectivity index (χ2n) is 3.21. The van der Waals surface area contributed by atoms with Crippen LogP contribution in [0.2, 0.25) is 0 Å². The maximum Gasteiger partial charge on any atom is 0.0934 e. The summed E-state index contributed by atoms with van der Waals surface area (Å²) < 4.78 is 6.22. The molecule has 70 valence electrons. The fraction of sp³-hybridized carbons (Fsp3) is 0.400. The summed E-state index contributed by atoms with van der Waals surface area (Å²) in [5.74, 6) is 0. The van der Waals surface area contributed by atoms with Crippen LogP contribution in [0.3, 0.4) is 0 Å². The van der Waals surface area contributed by atoms with Gasteiger partial charge in [-0.05, 0) is 17.7 Å². The molecule has 1 fully saturated rings. The third-order valence-electron chi connectivity index (χ3n) is 2.02. The molecule has 1 atom stereocenters. The summed E-state index contributed by atoms with van der Waals surface area (Å²) in [6, 6.07) is 8.35. The third-order valence-corrected chi connectivity index (χ3v) is 2.55. The number of epoxide rings is 1. The van der Waals surface area contributed by atoms with E-state index in [9.17, 15) is 0 Å². The third kappa shape index (κ3) is 3.10. The van der Waals surface area contributed by atoms with Gasteiger partial charge in [0.1, 0.15) is 0 Å². The van der Waals surface area contributed by atoms with Crippen molar-refractivity contribution in [3.05, 3.63) is 34.3 Å². The van der Waals surface area contributed by atoms with Gasteiger partial charge in [0.15, 0.2) is 0 Å². The first kappa shape index (κ1) is 9.19. The van der Waals surface area contributed by atoms with E-state index in [2.05, 4.69) is 45.5 Å². The number of nitrogens with one attached hydrogen (secondary N) is 1. The Hall–Kier alpha value is -0.380. The number of hydrogen-bond acceptors (Lipinski definition) is 2. The molecule has 13 heavy (non-hydrogen) atoms. The molecule has 1 aliphatic rings. The van der Waals surface area contributed by atoms with Crippen molar-refractivity contribution >= 4 is 15.9 Å². The quantitative estimate of drug-likeness (QED) is 0.816. The van der Waals surface area contributed by atoms with Crippen LogP contribution in [0.15, 0.2) is 28.7 Å². The van der Waals surface area contributed by atoms with E-state index in [0.29, 0.717) is 6.10 Å². The summed E-state index contributed by atoms with van der Waals surface area (Å²) in [6.07, 6.45) is 0.468. The Balaban J connectivity index is 1.76. The lowest BCUT2D eigenvalue weighted by atomic mass is 10.2. The van der Waals surface area contributed by atoms with E-state index < -0.39 is 0 Å². The normalized spacial score (nSPS) is 20.2. The second-order valence-corrected chi connectivity index (χ2v) is 4.13. The highest BCUT2D eigenvalue weighted by molar-refractivity contribution is 9.10. The topological polar surface area (TPSA) is 24.6 Å². The molecule has 0 radical (unpaired) electrons. The van der Waals surface area contributed by atoms with Gasteiger partial charge in [0, 0.05) is 17.6 Å². The lowest BCUT2D eigenvalue weighted by molar-refractivity contribution is 0.396. The van der Waals surface area contributed by atoms with Crippen LogP contribution >= 0.6 is 15.9 Å². The average Bonchev–Trinajstić information content (AvgIpc) is 2.92. The zero-order valence-corrected chi connectivity index (χ0v) is 8.88. The molecule has 0 saturated carbocycles. The molecule has 0 spiro atoms. The van der Waals surface area contributed by atoms with Gasteiger partial charge in [0.05, 0.1) is 12.7 Å². The van der Waals surface area contributed by atoms with Crippen molar-refractivity contribution < 1.29 is 4.74 Å². The molecular formula is C10H12BrNO. The number of halogens is 1. The molecule has 1 saturated heterocycles. The Morgan fingerprint density at radius 1 is 1.38 bits per heavy atom. The molecule has 1 aliphatic heterocycles. The first-order valence-electron chi connectivity index (χ1n) is 4.41. The second kappa shape index (κ2) is 4.22.